The molecule has 2 rings (SSSR count). The van der Waals surface area contributed by atoms with Crippen LogP contribution >= 0.6 is 0 Å². The van der Waals surface area contributed by atoms with E-state index in [0.717, 1.165) is 31.5 Å². The average molecular weight is 261 g/mol. The zero-order valence-electron chi connectivity index (χ0n) is 10.9. The predicted molar refractivity (Wildman–Crippen MR) is 72.6 cm³/mol. The normalized spacial score (nSPS) is 15.1. The van der Waals surface area contributed by atoms with Crippen molar-refractivity contribution in [1.82, 2.24) is 10.2 Å². The number of nitrogens with zero attached hydrogens (tertiary/aromatic N) is 1. The van der Waals surface area contributed by atoms with Crippen molar-refractivity contribution in [3.63, 3.8) is 0 Å². The lowest BCUT2D eigenvalue weighted by atomic mass is 10.1. The maximum absolute atomic E-state index is 12.2. The van der Waals surface area contributed by atoms with E-state index in [1.54, 1.807) is 12.1 Å². The van der Waals surface area contributed by atoms with E-state index in [1.807, 2.05) is 17.0 Å². The lowest BCUT2D eigenvalue weighted by Crippen LogP contribution is -2.35. The Bertz CT molecular complexity index is 450. The van der Waals surface area contributed by atoms with E-state index < -0.39 is 6.03 Å². The summed E-state index contributed by atoms with van der Waals surface area (Å²) in [6.45, 7) is 2.08. The van der Waals surface area contributed by atoms with E-state index >= 15 is 0 Å². The van der Waals surface area contributed by atoms with Crippen molar-refractivity contribution in [3.05, 3.63) is 35.4 Å². The molecular formula is C14H19N3O2. The minimum Gasteiger partial charge on any atom is -0.352 e. The van der Waals surface area contributed by atoms with Crippen LogP contribution in [0.5, 0.6) is 0 Å². The van der Waals surface area contributed by atoms with Crippen LogP contribution in [0.2, 0.25) is 0 Å². The van der Waals surface area contributed by atoms with Crippen molar-refractivity contribution in [2.24, 2.45) is 5.73 Å². The highest BCUT2D eigenvalue weighted by Gasteiger charge is 2.17. The summed E-state index contributed by atoms with van der Waals surface area (Å²) < 4.78 is 0. The van der Waals surface area contributed by atoms with Crippen LogP contribution < -0.4 is 11.1 Å². The highest BCUT2D eigenvalue weighted by Crippen LogP contribution is 2.13. The Hall–Kier alpha value is -2.04. The first kappa shape index (κ1) is 13.4. The van der Waals surface area contributed by atoms with Gasteiger partial charge in [0.1, 0.15) is 0 Å². The summed E-state index contributed by atoms with van der Waals surface area (Å²) in [5, 5.41) is 2.52. The smallest absolute Gasteiger partial charge is 0.312 e. The molecule has 5 nitrogen and oxygen atoms in total. The number of likely N-dealkylation sites (tertiary alicyclic amines) is 1. The van der Waals surface area contributed by atoms with Crippen molar-refractivity contribution in [1.29, 1.82) is 0 Å². The summed E-state index contributed by atoms with van der Waals surface area (Å²) >= 11 is 0. The molecule has 0 bridgehead atoms. The van der Waals surface area contributed by atoms with Crippen LogP contribution in [0.4, 0.5) is 4.79 Å². The van der Waals surface area contributed by atoms with Crippen molar-refractivity contribution in [2.45, 2.75) is 25.8 Å². The van der Waals surface area contributed by atoms with Crippen LogP contribution in [0.3, 0.4) is 0 Å². The SMILES string of the molecule is NC(=O)NCc1ccc(C(=O)N2CCCCC2)cc1. The summed E-state index contributed by atoms with van der Waals surface area (Å²) in [6, 6.07) is 6.73. The second-order valence-electron chi connectivity index (χ2n) is 4.77. The summed E-state index contributed by atoms with van der Waals surface area (Å²) in [4.78, 5) is 24.7. The molecule has 1 aromatic carbocycles. The van der Waals surface area contributed by atoms with Gasteiger partial charge in [0.05, 0.1) is 0 Å². The molecule has 1 aromatic rings. The fourth-order valence-electron chi connectivity index (χ4n) is 2.23. The maximum atomic E-state index is 12.2. The second kappa shape index (κ2) is 6.22. The van der Waals surface area contributed by atoms with E-state index in [2.05, 4.69) is 5.32 Å². The molecule has 0 unspecified atom stereocenters. The highest BCUT2D eigenvalue weighted by atomic mass is 16.2. The van der Waals surface area contributed by atoms with Gasteiger partial charge in [-0.1, -0.05) is 12.1 Å². The number of hydrogen-bond donors (Lipinski definition) is 2. The minimum absolute atomic E-state index is 0.0918. The van der Waals surface area contributed by atoms with E-state index in [-0.39, 0.29) is 5.91 Å². The molecule has 1 fully saturated rings. The molecular weight excluding hydrogens is 242 g/mol. The van der Waals surface area contributed by atoms with Crippen molar-refractivity contribution in [2.75, 3.05) is 13.1 Å². The zero-order chi connectivity index (χ0) is 13.7. The number of nitrogens with one attached hydrogen (secondary N) is 1. The first-order chi connectivity index (χ1) is 9.16. The fourth-order valence-corrected chi connectivity index (χ4v) is 2.23. The molecule has 0 aliphatic carbocycles. The molecule has 0 aromatic heterocycles. The number of carbonyl (C=O) groups excluding carboxylic acids is 2. The van der Waals surface area contributed by atoms with Gasteiger partial charge in [-0.2, -0.15) is 0 Å². The third kappa shape index (κ3) is 3.71. The van der Waals surface area contributed by atoms with E-state index in [4.69, 9.17) is 5.73 Å². The predicted octanol–water partition coefficient (Wildman–Crippen LogP) is 1.48. The number of urea groups is 1. The molecule has 1 heterocycles. The van der Waals surface area contributed by atoms with Gasteiger partial charge in [0, 0.05) is 25.2 Å². The highest BCUT2D eigenvalue weighted by molar-refractivity contribution is 5.94. The Morgan fingerprint density at radius 3 is 2.32 bits per heavy atom. The van der Waals surface area contributed by atoms with E-state index in [1.165, 1.54) is 6.42 Å². The standard InChI is InChI=1S/C14H19N3O2/c15-14(19)16-10-11-4-6-12(7-5-11)13(18)17-8-2-1-3-9-17/h4-7H,1-3,8-10H2,(H3,15,16,19). The van der Waals surface area contributed by atoms with Crippen LogP contribution in [0.15, 0.2) is 24.3 Å². The number of primary amides is 1. The lowest BCUT2D eigenvalue weighted by molar-refractivity contribution is 0.0724. The maximum Gasteiger partial charge on any atom is 0.312 e. The first-order valence-electron chi connectivity index (χ1n) is 6.58. The summed E-state index contributed by atoms with van der Waals surface area (Å²) in [5.74, 6) is 0.0918. The number of carbonyl (C=O) groups is 2. The van der Waals surface area contributed by atoms with Crippen LogP contribution in [0.25, 0.3) is 0 Å². The average Bonchev–Trinajstić information content (AvgIpc) is 2.46. The Labute approximate surface area is 112 Å². The number of nitrogens with two attached hydrogens (primary N) is 1. The van der Waals surface area contributed by atoms with Gasteiger partial charge in [-0.15, -0.1) is 0 Å². The largest absolute Gasteiger partial charge is 0.352 e. The number of benzene rings is 1. The van der Waals surface area contributed by atoms with Gasteiger partial charge in [-0.25, -0.2) is 4.79 Å². The molecule has 1 saturated heterocycles. The van der Waals surface area contributed by atoms with Gasteiger partial charge in [0.25, 0.3) is 5.91 Å². The summed E-state index contributed by atoms with van der Waals surface area (Å²) in [7, 11) is 0. The van der Waals surface area contributed by atoms with Gasteiger partial charge in [0.15, 0.2) is 0 Å². The van der Waals surface area contributed by atoms with Crippen molar-refractivity contribution in [3.8, 4) is 0 Å². The van der Waals surface area contributed by atoms with Crippen molar-refractivity contribution >= 4 is 11.9 Å². The van der Waals surface area contributed by atoms with Gasteiger partial charge in [-0.05, 0) is 37.0 Å². The third-order valence-corrected chi connectivity index (χ3v) is 3.31. The molecule has 1 aliphatic heterocycles. The molecule has 5 heteroatoms. The Kier molecular flexibility index (Phi) is 4.39. The monoisotopic (exact) mass is 261 g/mol. The molecule has 102 valence electrons. The molecule has 1 aliphatic rings. The number of hydrogen-bond acceptors (Lipinski definition) is 2. The fraction of sp³-hybridized carbons (Fsp3) is 0.429. The summed E-state index contributed by atoms with van der Waals surface area (Å²) in [6.07, 6.45) is 3.39. The molecule has 0 spiro atoms. The molecule has 0 atom stereocenters. The van der Waals surface area contributed by atoms with Crippen LogP contribution in [0.1, 0.15) is 35.2 Å². The van der Waals surface area contributed by atoms with Gasteiger partial charge >= 0.3 is 6.03 Å². The molecule has 3 amide bonds. The zero-order valence-corrected chi connectivity index (χ0v) is 10.9. The van der Waals surface area contributed by atoms with E-state index in [0.29, 0.717) is 12.1 Å². The second-order valence-corrected chi connectivity index (χ2v) is 4.77. The molecule has 19 heavy (non-hydrogen) atoms. The lowest BCUT2D eigenvalue weighted by Gasteiger charge is -2.26. The molecule has 3 N–H and O–H groups in total. The van der Waals surface area contributed by atoms with Crippen LogP contribution in [-0.4, -0.2) is 29.9 Å². The quantitative estimate of drug-likeness (QED) is 0.864. The van der Waals surface area contributed by atoms with E-state index in [9.17, 15) is 9.59 Å². The van der Waals surface area contributed by atoms with Crippen LogP contribution in [-0.2, 0) is 6.54 Å². The minimum atomic E-state index is -0.548. The third-order valence-electron chi connectivity index (χ3n) is 3.31. The Morgan fingerprint density at radius 2 is 1.74 bits per heavy atom. The van der Waals surface area contributed by atoms with Gasteiger partial charge in [0.2, 0.25) is 0 Å². The number of rotatable bonds is 3. The van der Waals surface area contributed by atoms with Crippen molar-refractivity contribution < 1.29 is 9.59 Å². The Balaban J connectivity index is 1.97. The van der Waals surface area contributed by atoms with Crippen LogP contribution in [0, 0.1) is 0 Å². The van der Waals surface area contributed by atoms with Gasteiger partial charge < -0.3 is 16.0 Å². The first-order valence-corrected chi connectivity index (χ1v) is 6.58. The topological polar surface area (TPSA) is 75.4 Å². The summed E-state index contributed by atoms with van der Waals surface area (Å²) in [5.41, 5.74) is 6.63. The molecule has 0 saturated carbocycles. The molecule has 0 radical (unpaired) electrons. The number of amides is 3. The number of piperidine rings is 1. The Morgan fingerprint density at radius 1 is 1.11 bits per heavy atom. The van der Waals surface area contributed by atoms with Gasteiger partial charge in [-0.3, -0.25) is 4.79 Å².